The van der Waals surface area contributed by atoms with E-state index in [2.05, 4.69) is 11.9 Å². The van der Waals surface area contributed by atoms with Gasteiger partial charge in [-0.15, -0.1) is 0 Å². The first-order valence-electron chi connectivity index (χ1n) is 8.83. The number of ether oxygens (including phenoxy) is 1. The molecule has 0 aliphatic carbocycles. The third-order valence-electron chi connectivity index (χ3n) is 4.15. The van der Waals surface area contributed by atoms with Crippen molar-refractivity contribution < 1.29 is 9.53 Å². The molecule has 0 saturated heterocycles. The van der Waals surface area contributed by atoms with Crippen molar-refractivity contribution in [2.24, 2.45) is 0 Å². The Morgan fingerprint density at radius 3 is 2.52 bits per heavy atom. The highest BCUT2D eigenvalue weighted by Gasteiger charge is 2.18. The summed E-state index contributed by atoms with van der Waals surface area (Å²) in [7, 11) is 0. The molecule has 0 atom stereocenters. The predicted octanol–water partition coefficient (Wildman–Crippen LogP) is 4.91. The van der Waals surface area contributed by atoms with Gasteiger partial charge in [-0.05, 0) is 53.9 Å². The fourth-order valence-corrected chi connectivity index (χ4v) is 2.89. The second kappa shape index (κ2) is 9.19. The molecular weight excluding hydrogens is 360 g/mol. The molecule has 1 aromatic heterocycles. The van der Waals surface area contributed by atoms with Crippen molar-refractivity contribution in [1.29, 1.82) is 0 Å². The summed E-state index contributed by atoms with van der Waals surface area (Å²) < 4.78 is 5.69. The molecular formula is C22H21ClN2O2. The van der Waals surface area contributed by atoms with E-state index >= 15 is 0 Å². The van der Waals surface area contributed by atoms with E-state index in [1.807, 2.05) is 54.6 Å². The first-order chi connectivity index (χ1) is 13.2. The van der Waals surface area contributed by atoms with Crippen LogP contribution in [0.15, 0.2) is 72.9 Å². The van der Waals surface area contributed by atoms with Gasteiger partial charge in [-0.3, -0.25) is 9.69 Å². The van der Waals surface area contributed by atoms with E-state index in [0.717, 1.165) is 12.0 Å². The number of carbonyl (C=O) groups excluding carboxylic acids is 1. The molecule has 4 nitrogen and oxygen atoms in total. The van der Waals surface area contributed by atoms with Crippen LogP contribution >= 0.6 is 11.6 Å². The average molecular weight is 381 g/mol. The lowest BCUT2D eigenvalue weighted by molar-refractivity contribution is -0.120. The van der Waals surface area contributed by atoms with Crippen LogP contribution in [-0.4, -0.2) is 17.5 Å². The number of anilines is 1. The van der Waals surface area contributed by atoms with Crippen LogP contribution < -0.4 is 9.64 Å². The lowest BCUT2D eigenvalue weighted by Crippen LogP contribution is -2.35. The quantitative estimate of drug-likeness (QED) is 0.584. The molecule has 27 heavy (non-hydrogen) atoms. The summed E-state index contributed by atoms with van der Waals surface area (Å²) in [5.74, 6) is 1.07. The highest BCUT2D eigenvalue weighted by Crippen LogP contribution is 2.18. The number of halogens is 1. The maximum atomic E-state index is 12.9. The van der Waals surface area contributed by atoms with E-state index < -0.39 is 0 Å². The molecule has 0 bridgehead atoms. The highest BCUT2D eigenvalue weighted by atomic mass is 35.5. The van der Waals surface area contributed by atoms with E-state index in [-0.39, 0.29) is 12.5 Å². The lowest BCUT2D eigenvalue weighted by atomic mass is 10.2. The van der Waals surface area contributed by atoms with Crippen LogP contribution in [0.25, 0.3) is 0 Å². The molecule has 2 aromatic carbocycles. The standard InChI is InChI=1S/C22H21ClN2O2/c1-2-17-9-11-20(12-10-17)27-16-22(26)25(21-8-3-4-13-24-21)15-18-6-5-7-19(23)14-18/h3-14H,2,15-16H2,1H3. The van der Waals surface area contributed by atoms with Gasteiger partial charge in [0, 0.05) is 11.2 Å². The maximum Gasteiger partial charge on any atom is 0.266 e. The number of hydrogen-bond acceptors (Lipinski definition) is 3. The maximum absolute atomic E-state index is 12.9. The normalized spacial score (nSPS) is 10.4. The molecule has 0 spiro atoms. The molecule has 0 radical (unpaired) electrons. The summed E-state index contributed by atoms with van der Waals surface area (Å²) in [5, 5.41) is 0.633. The minimum Gasteiger partial charge on any atom is -0.484 e. The summed E-state index contributed by atoms with van der Waals surface area (Å²) >= 11 is 6.08. The van der Waals surface area contributed by atoms with Crippen molar-refractivity contribution in [2.45, 2.75) is 19.9 Å². The molecule has 0 aliphatic heterocycles. The van der Waals surface area contributed by atoms with E-state index in [1.165, 1.54) is 5.56 Å². The second-order valence-corrected chi connectivity index (χ2v) is 6.52. The van der Waals surface area contributed by atoms with Gasteiger partial charge in [0.25, 0.3) is 5.91 Å². The molecule has 0 aliphatic rings. The largest absolute Gasteiger partial charge is 0.484 e. The Balaban J connectivity index is 1.74. The minimum absolute atomic E-state index is 0.0669. The molecule has 138 valence electrons. The van der Waals surface area contributed by atoms with E-state index in [9.17, 15) is 4.79 Å². The summed E-state index contributed by atoms with van der Waals surface area (Å²) in [4.78, 5) is 18.8. The predicted molar refractivity (Wildman–Crippen MR) is 108 cm³/mol. The number of pyridine rings is 1. The van der Waals surface area contributed by atoms with E-state index in [4.69, 9.17) is 16.3 Å². The molecule has 0 N–H and O–H groups in total. The molecule has 0 fully saturated rings. The smallest absolute Gasteiger partial charge is 0.266 e. The van der Waals surface area contributed by atoms with Crippen LogP contribution in [-0.2, 0) is 17.8 Å². The molecule has 3 aromatic rings. The monoisotopic (exact) mass is 380 g/mol. The van der Waals surface area contributed by atoms with Crippen molar-refractivity contribution >= 4 is 23.3 Å². The second-order valence-electron chi connectivity index (χ2n) is 6.08. The average Bonchev–Trinajstić information content (AvgIpc) is 2.71. The zero-order valence-electron chi connectivity index (χ0n) is 15.1. The summed E-state index contributed by atoms with van der Waals surface area (Å²) in [6.45, 7) is 2.40. The number of amides is 1. The van der Waals surface area contributed by atoms with Crippen molar-refractivity contribution in [2.75, 3.05) is 11.5 Å². The number of benzene rings is 2. The van der Waals surface area contributed by atoms with Crippen LogP contribution in [0.3, 0.4) is 0 Å². The first-order valence-corrected chi connectivity index (χ1v) is 9.21. The van der Waals surface area contributed by atoms with Crippen molar-refractivity contribution in [1.82, 2.24) is 4.98 Å². The zero-order valence-corrected chi connectivity index (χ0v) is 15.9. The van der Waals surface area contributed by atoms with Gasteiger partial charge >= 0.3 is 0 Å². The van der Waals surface area contributed by atoms with E-state index in [0.29, 0.717) is 23.1 Å². The van der Waals surface area contributed by atoms with Gasteiger partial charge in [0.1, 0.15) is 11.6 Å². The Kier molecular flexibility index (Phi) is 6.44. The summed E-state index contributed by atoms with van der Waals surface area (Å²) in [5.41, 5.74) is 2.15. The van der Waals surface area contributed by atoms with Crippen LogP contribution in [0, 0.1) is 0 Å². The Morgan fingerprint density at radius 2 is 1.85 bits per heavy atom. The zero-order chi connectivity index (χ0) is 19.1. The molecule has 1 heterocycles. The van der Waals surface area contributed by atoms with Crippen molar-refractivity contribution in [3.05, 3.63) is 89.1 Å². The summed E-state index contributed by atoms with van der Waals surface area (Å²) in [6, 6.07) is 20.7. The first kappa shape index (κ1) is 18.9. The Bertz CT molecular complexity index is 882. The van der Waals surface area contributed by atoms with Crippen molar-refractivity contribution in [3.8, 4) is 5.75 Å². The van der Waals surface area contributed by atoms with Crippen LogP contribution in [0.5, 0.6) is 5.75 Å². The topological polar surface area (TPSA) is 42.4 Å². The van der Waals surface area contributed by atoms with Gasteiger partial charge in [-0.25, -0.2) is 4.98 Å². The Morgan fingerprint density at radius 1 is 1.04 bits per heavy atom. The lowest BCUT2D eigenvalue weighted by Gasteiger charge is -2.22. The fraction of sp³-hybridized carbons (Fsp3) is 0.182. The molecule has 5 heteroatoms. The van der Waals surface area contributed by atoms with E-state index in [1.54, 1.807) is 23.2 Å². The number of nitrogens with zero attached hydrogens (tertiary/aromatic N) is 2. The molecule has 0 saturated carbocycles. The molecule has 0 unspecified atom stereocenters. The van der Waals surface area contributed by atoms with Gasteiger partial charge < -0.3 is 4.74 Å². The number of aryl methyl sites for hydroxylation is 1. The third-order valence-corrected chi connectivity index (χ3v) is 4.39. The summed E-state index contributed by atoms with van der Waals surface area (Å²) in [6.07, 6.45) is 2.63. The number of rotatable bonds is 7. The van der Waals surface area contributed by atoms with Gasteiger partial charge in [0.2, 0.25) is 0 Å². The number of aromatic nitrogens is 1. The van der Waals surface area contributed by atoms with Crippen LogP contribution in [0.4, 0.5) is 5.82 Å². The molecule has 3 rings (SSSR count). The van der Waals surface area contributed by atoms with Gasteiger partial charge in [-0.2, -0.15) is 0 Å². The highest BCUT2D eigenvalue weighted by molar-refractivity contribution is 6.30. The number of hydrogen-bond donors (Lipinski definition) is 0. The Hall–Kier alpha value is -2.85. The van der Waals surface area contributed by atoms with Crippen LogP contribution in [0.2, 0.25) is 5.02 Å². The van der Waals surface area contributed by atoms with Crippen LogP contribution in [0.1, 0.15) is 18.1 Å². The fourth-order valence-electron chi connectivity index (χ4n) is 2.67. The Labute approximate surface area is 164 Å². The minimum atomic E-state index is -0.173. The van der Waals surface area contributed by atoms with Gasteiger partial charge in [-0.1, -0.05) is 48.9 Å². The SMILES string of the molecule is CCc1ccc(OCC(=O)N(Cc2cccc(Cl)c2)c2ccccn2)cc1. The molecule has 1 amide bonds. The van der Waals surface area contributed by atoms with Gasteiger partial charge in [0.15, 0.2) is 6.61 Å². The van der Waals surface area contributed by atoms with Gasteiger partial charge in [0.05, 0.1) is 6.54 Å². The third kappa shape index (κ3) is 5.31. The number of carbonyl (C=O) groups is 1. The van der Waals surface area contributed by atoms with Crippen molar-refractivity contribution in [3.63, 3.8) is 0 Å².